The van der Waals surface area contributed by atoms with E-state index in [2.05, 4.69) is 5.32 Å². The highest BCUT2D eigenvalue weighted by atomic mass is 16.5. The predicted octanol–water partition coefficient (Wildman–Crippen LogP) is 2.89. The van der Waals surface area contributed by atoms with Gasteiger partial charge in [0.2, 0.25) is 5.75 Å². The molecule has 8 heteroatoms. The Kier molecular flexibility index (Phi) is 5.07. The SMILES string of the molecule is CCn1c(=O)oc2ccc(C(=O)Nc3cc(OC)c(OC)c(OC)c3)cc21. The Morgan fingerprint density at radius 2 is 1.74 bits per heavy atom. The van der Waals surface area contributed by atoms with E-state index in [-0.39, 0.29) is 5.91 Å². The maximum Gasteiger partial charge on any atom is 0.419 e. The minimum Gasteiger partial charge on any atom is -0.493 e. The highest BCUT2D eigenvalue weighted by Gasteiger charge is 2.16. The first-order valence-corrected chi connectivity index (χ1v) is 8.27. The van der Waals surface area contributed by atoms with Crippen LogP contribution in [0.2, 0.25) is 0 Å². The number of fused-ring (bicyclic) bond motifs is 1. The lowest BCUT2D eigenvalue weighted by atomic mass is 10.1. The van der Waals surface area contributed by atoms with Crippen LogP contribution in [0.25, 0.3) is 11.1 Å². The third-order valence-corrected chi connectivity index (χ3v) is 4.17. The van der Waals surface area contributed by atoms with Crippen LogP contribution < -0.4 is 25.3 Å². The molecule has 0 bridgehead atoms. The van der Waals surface area contributed by atoms with Crippen LogP contribution in [0.1, 0.15) is 17.3 Å². The molecule has 0 unspecified atom stereocenters. The number of methoxy groups -OCH3 is 3. The van der Waals surface area contributed by atoms with Gasteiger partial charge in [0.05, 0.1) is 26.8 Å². The summed E-state index contributed by atoms with van der Waals surface area (Å²) in [6.07, 6.45) is 0. The number of benzene rings is 2. The van der Waals surface area contributed by atoms with Crippen LogP contribution in [-0.2, 0) is 6.54 Å². The summed E-state index contributed by atoms with van der Waals surface area (Å²) < 4.78 is 22.5. The van der Waals surface area contributed by atoms with Crippen molar-refractivity contribution in [1.82, 2.24) is 4.57 Å². The minimum absolute atomic E-state index is 0.345. The van der Waals surface area contributed by atoms with E-state index in [1.165, 1.54) is 25.9 Å². The number of carbonyl (C=O) groups is 1. The number of rotatable bonds is 6. The normalized spacial score (nSPS) is 10.7. The number of hydrogen-bond acceptors (Lipinski definition) is 6. The zero-order valence-electron chi connectivity index (χ0n) is 15.5. The summed E-state index contributed by atoms with van der Waals surface area (Å²) in [6, 6.07) is 8.10. The summed E-state index contributed by atoms with van der Waals surface area (Å²) >= 11 is 0. The van der Waals surface area contributed by atoms with E-state index >= 15 is 0 Å². The van der Waals surface area contributed by atoms with Gasteiger partial charge in [0.15, 0.2) is 17.1 Å². The van der Waals surface area contributed by atoms with Gasteiger partial charge in [-0.25, -0.2) is 4.79 Å². The molecule has 1 N–H and O–H groups in total. The number of aromatic nitrogens is 1. The van der Waals surface area contributed by atoms with Crippen molar-refractivity contribution in [2.24, 2.45) is 0 Å². The smallest absolute Gasteiger partial charge is 0.419 e. The van der Waals surface area contributed by atoms with Crippen molar-refractivity contribution in [3.63, 3.8) is 0 Å². The van der Waals surface area contributed by atoms with Crippen molar-refractivity contribution in [2.75, 3.05) is 26.6 Å². The van der Waals surface area contributed by atoms with E-state index in [1.54, 1.807) is 30.3 Å². The van der Waals surface area contributed by atoms with Crippen molar-refractivity contribution in [2.45, 2.75) is 13.5 Å². The number of oxazole rings is 1. The average Bonchev–Trinajstić information content (AvgIpc) is 3.00. The Morgan fingerprint density at radius 1 is 1.07 bits per heavy atom. The van der Waals surface area contributed by atoms with Gasteiger partial charge in [0.25, 0.3) is 5.91 Å². The monoisotopic (exact) mass is 372 g/mol. The number of carbonyl (C=O) groups excluding carboxylic acids is 1. The third kappa shape index (κ3) is 3.33. The van der Waals surface area contributed by atoms with Crippen LogP contribution in [0.5, 0.6) is 17.2 Å². The first kappa shape index (κ1) is 18.4. The first-order chi connectivity index (χ1) is 13.0. The van der Waals surface area contributed by atoms with E-state index < -0.39 is 5.76 Å². The summed E-state index contributed by atoms with van der Waals surface area (Å²) in [5.74, 6) is 0.497. The van der Waals surface area contributed by atoms with Gasteiger partial charge in [0, 0.05) is 29.9 Å². The molecule has 0 aliphatic rings. The second-order valence-corrected chi connectivity index (χ2v) is 5.66. The molecule has 3 aromatic rings. The molecule has 3 rings (SSSR count). The predicted molar refractivity (Wildman–Crippen MR) is 100 cm³/mol. The van der Waals surface area contributed by atoms with Crippen molar-refractivity contribution in [3.05, 3.63) is 46.4 Å². The molecule has 0 fully saturated rings. The fourth-order valence-electron chi connectivity index (χ4n) is 2.86. The average molecular weight is 372 g/mol. The Hall–Kier alpha value is -3.42. The van der Waals surface area contributed by atoms with E-state index in [0.29, 0.717) is 46.1 Å². The van der Waals surface area contributed by atoms with Crippen molar-refractivity contribution in [1.29, 1.82) is 0 Å². The zero-order chi connectivity index (χ0) is 19.6. The maximum atomic E-state index is 12.7. The molecule has 1 amide bonds. The van der Waals surface area contributed by atoms with E-state index in [4.69, 9.17) is 18.6 Å². The molecule has 2 aromatic carbocycles. The molecular weight excluding hydrogens is 352 g/mol. The number of ether oxygens (including phenoxy) is 3. The lowest BCUT2D eigenvalue weighted by Crippen LogP contribution is -2.14. The highest BCUT2D eigenvalue weighted by Crippen LogP contribution is 2.40. The molecule has 0 saturated heterocycles. The highest BCUT2D eigenvalue weighted by molar-refractivity contribution is 6.06. The molecule has 1 heterocycles. The summed E-state index contributed by atoms with van der Waals surface area (Å²) in [5, 5.41) is 2.80. The quantitative estimate of drug-likeness (QED) is 0.715. The van der Waals surface area contributed by atoms with Crippen molar-refractivity contribution in [3.8, 4) is 17.2 Å². The number of nitrogens with one attached hydrogen (secondary N) is 1. The molecule has 0 aliphatic heterocycles. The number of nitrogens with zero attached hydrogens (tertiary/aromatic N) is 1. The molecule has 0 radical (unpaired) electrons. The summed E-state index contributed by atoms with van der Waals surface area (Å²) in [6.45, 7) is 2.28. The molecule has 1 aromatic heterocycles. The first-order valence-electron chi connectivity index (χ1n) is 8.27. The van der Waals surface area contributed by atoms with Gasteiger partial charge in [-0.05, 0) is 25.1 Å². The molecule has 142 valence electrons. The third-order valence-electron chi connectivity index (χ3n) is 4.17. The van der Waals surface area contributed by atoms with Gasteiger partial charge in [-0.3, -0.25) is 9.36 Å². The molecule has 27 heavy (non-hydrogen) atoms. The summed E-state index contributed by atoms with van der Waals surface area (Å²) in [4.78, 5) is 24.5. The van der Waals surface area contributed by atoms with Crippen LogP contribution in [0.15, 0.2) is 39.5 Å². The van der Waals surface area contributed by atoms with Crippen LogP contribution in [0, 0.1) is 0 Å². The standard InChI is InChI=1S/C19H20N2O6/c1-5-21-13-8-11(6-7-14(13)27-19(21)23)18(22)20-12-9-15(24-2)17(26-4)16(10-12)25-3/h6-10H,5H2,1-4H3,(H,20,22). The number of aryl methyl sites for hydroxylation is 1. The second-order valence-electron chi connectivity index (χ2n) is 5.66. The van der Waals surface area contributed by atoms with Crippen LogP contribution in [0.4, 0.5) is 5.69 Å². The molecule has 0 saturated carbocycles. The maximum absolute atomic E-state index is 12.7. The summed E-state index contributed by atoms with van der Waals surface area (Å²) in [5.41, 5.74) is 1.88. The second kappa shape index (κ2) is 7.45. The van der Waals surface area contributed by atoms with Crippen LogP contribution in [0.3, 0.4) is 0 Å². The van der Waals surface area contributed by atoms with Gasteiger partial charge < -0.3 is 23.9 Å². The number of hydrogen-bond donors (Lipinski definition) is 1. The van der Waals surface area contributed by atoms with Gasteiger partial charge in [-0.1, -0.05) is 0 Å². The molecule has 0 aliphatic carbocycles. The fraction of sp³-hybridized carbons (Fsp3) is 0.263. The Labute approximate surface area is 155 Å². The van der Waals surface area contributed by atoms with Crippen molar-refractivity contribution >= 4 is 22.7 Å². The fourth-order valence-corrected chi connectivity index (χ4v) is 2.86. The number of anilines is 1. The molecule has 8 nitrogen and oxygen atoms in total. The van der Waals surface area contributed by atoms with Crippen LogP contribution >= 0.6 is 0 Å². The Bertz CT molecular complexity index is 1030. The number of amides is 1. The van der Waals surface area contributed by atoms with E-state index in [9.17, 15) is 9.59 Å². The zero-order valence-corrected chi connectivity index (χ0v) is 15.5. The Balaban J connectivity index is 1.95. The van der Waals surface area contributed by atoms with Crippen LogP contribution in [-0.4, -0.2) is 31.8 Å². The molecule has 0 spiro atoms. The largest absolute Gasteiger partial charge is 0.493 e. The van der Waals surface area contributed by atoms with E-state index in [0.717, 1.165) is 0 Å². The van der Waals surface area contributed by atoms with Gasteiger partial charge in [-0.2, -0.15) is 0 Å². The van der Waals surface area contributed by atoms with Gasteiger partial charge in [0.1, 0.15) is 0 Å². The van der Waals surface area contributed by atoms with Crippen molar-refractivity contribution < 1.29 is 23.4 Å². The Morgan fingerprint density at radius 3 is 2.30 bits per heavy atom. The topological polar surface area (TPSA) is 91.9 Å². The van der Waals surface area contributed by atoms with Gasteiger partial charge >= 0.3 is 5.76 Å². The van der Waals surface area contributed by atoms with E-state index in [1.807, 2.05) is 6.92 Å². The minimum atomic E-state index is -0.449. The molecule has 0 atom stereocenters. The lowest BCUT2D eigenvalue weighted by Gasteiger charge is -2.14. The van der Waals surface area contributed by atoms with Gasteiger partial charge in [-0.15, -0.1) is 0 Å². The molecular formula is C19H20N2O6. The lowest BCUT2D eigenvalue weighted by molar-refractivity contribution is 0.102. The summed E-state index contributed by atoms with van der Waals surface area (Å²) in [7, 11) is 4.51.